The molecular formula is C12H9F3O6S. The van der Waals surface area contributed by atoms with Gasteiger partial charge in [0.15, 0.2) is 0 Å². The molecular weight excluding hydrogens is 329 g/mol. The fourth-order valence-corrected chi connectivity index (χ4v) is 2.23. The molecule has 0 spiro atoms. The van der Waals surface area contributed by atoms with E-state index in [1.807, 2.05) is 0 Å². The molecule has 0 bridgehead atoms. The van der Waals surface area contributed by atoms with Gasteiger partial charge in [-0.2, -0.15) is 21.6 Å². The predicted octanol–water partition coefficient (Wildman–Crippen LogP) is 2.76. The van der Waals surface area contributed by atoms with Crippen LogP contribution >= 0.6 is 0 Å². The van der Waals surface area contributed by atoms with Gasteiger partial charge in [-0.15, -0.1) is 0 Å². The highest BCUT2D eigenvalue weighted by Crippen LogP contribution is 2.32. The van der Waals surface area contributed by atoms with Crippen LogP contribution in [0.2, 0.25) is 0 Å². The Bertz CT molecular complexity index is 834. The maximum atomic E-state index is 12.3. The molecule has 22 heavy (non-hydrogen) atoms. The number of carbonyl (C=O) groups is 1. The van der Waals surface area contributed by atoms with E-state index in [4.69, 9.17) is 4.42 Å². The number of halogens is 3. The van der Waals surface area contributed by atoms with Crippen molar-refractivity contribution >= 4 is 27.1 Å². The Morgan fingerprint density at radius 3 is 2.45 bits per heavy atom. The molecule has 0 aliphatic heterocycles. The zero-order chi connectivity index (χ0) is 16.7. The fraction of sp³-hybridized carbons (Fsp3) is 0.250. The Balaban J connectivity index is 2.48. The minimum absolute atomic E-state index is 0.00669. The van der Waals surface area contributed by atoms with Gasteiger partial charge in [-0.1, -0.05) is 0 Å². The number of aryl methyl sites for hydroxylation is 1. The summed E-state index contributed by atoms with van der Waals surface area (Å²) in [7, 11) is -4.62. The van der Waals surface area contributed by atoms with Gasteiger partial charge in [0.25, 0.3) is 0 Å². The van der Waals surface area contributed by atoms with Crippen LogP contribution in [-0.4, -0.2) is 27.0 Å². The van der Waals surface area contributed by atoms with Crippen molar-refractivity contribution in [2.45, 2.75) is 12.4 Å². The maximum absolute atomic E-state index is 12.3. The topological polar surface area (TPSA) is 82.8 Å². The molecule has 0 amide bonds. The van der Waals surface area contributed by atoms with Gasteiger partial charge in [0.2, 0.25) is 0 Å². The van der Waals surface area contributed by atoms with Gasteiger partial charge < -0.3 is 13.3 Å². The molecule has 1 aromatic carbocycles. The summed E-state index contributed by atoms with van der Waals surface area (Å²) in [5.74, 6) is -1.10. The number of esters is 1. The SMILES string of the molecule is COC(=O)c1c(C)oc2cc(OS(=O)(=O)C(F)(F)F)ccc12. The van der Waals surface area contributed by atoms with E-state index in [9.17, 15) is 26.4 Å². The van der Waals surface area contributed by atoms with Gasteiger partial charge in [-0.25, -0.2) is 4.79 Å². The lowest BCUT2D eigenvalue weighted by Crippen LogP contribution is -2.28. The van der Waals surface area contributed by atoms with Gasteiger partial charge in [0, 0.05) is 11.5 Å². The monoisotopic (exact) mass is 338 g/mol. The Morgan fingerprint density at radius 1 is 1.27 bits per heavy atom. The van der Waals surface area contributed by atoms with Crippen LogP contribution in [0, 0.1) is 6.92 Å². The van der Waals surface area contributed by atoms with Crippen LogP contribution in [0.1, 0.15) is 16.1 Å². The van der Waals surface area contributed by atoms with Crippen LogP contribution in [0.5, 0.6) is 5.75 Å². The van der Waals surface area contributed by atoms with E-state index < -0.39 is 27.3 Å². The lowest BCUT2D eigenvalue weighted by Gasteiger charge is -2.09. The van der Waals surface area contributed by atoms with E-state index in [0.717, 1.165) is 19.2 Å². The minimum Gasteiger partial charge on any atom is -0.465 e. The number of ether oxygens (including phenoxy) is 1. The molecule has 0 aliphatic carbocycles. The first-order chi connectivity index (χ1) is 10.1. The number of rotatable bonds is 3. The molecule has 120 valence electrons. The molecule has 0 atom stereocenters. The first-order valence-electron chi connectivity index (χ1n) is 5.69. The highest BCUT2D eigenvalue weighted by molar-refractivity contribution is 7.88. The number of hydrogen-bond acceptors (Lipinski definition) is 6. The van der Waals surface area contributed by atoms with Crippen molar-refractivity contribution in [1.82, 2.24) is 0 Å². The molecule has 0 saturated carbocycles. The average molecular weight is 338 g/mol. The third kappa shape index (κ3) is 2.73. The van der Waals surface area contributed by atoms with E-state index >= 15 is 0 Å². The third-order valence-electron chi connectivity index (χ3n) is 2.72. The predicted molar refractivity (Wildman–Crippen MR) is 67.9 cm³/mol. The minimum atomic E-state index is -5.78. The summed E-state index contributed by atoms with van der Waals surface area (Å²) < 4.78 is 72.4. The molecule has 0 saturated heterocycles. The molecule has 2 aromatic rings. The van der Waals surface area contributed by atoms with Crippen LogP contribution in [0.15, 0.2) is 22.6 Å². The molecule has 2 rings (SSSR count). The first kappa shape index (κ1) is 16.1. The second kappa shape index (κ2) is 5.20. The lowest BCUT2D eigenvalue weighted by molar-refractivity contribution is -0.0500. The van der Waals surface area contributed by atoms with Crippen molar-refractivity contribution in [3.8, 4) is 5.75 Å². The van der Waals surface area contributed by atoms with Crippen molar-refractivity contribution in [3.05, 3.63) is 29.5 Å². The van der Waals surface area contributed by atoms with E-state index in [2.05, 4.69) is 8.92 Å². The largest absolute Gasteiger partial charge is 0.534 e. The van der Waals surface area contributed by atoms with Gasteiger partial charge in [-0.05, 0) is 19.1 Å². The van der Waals surface area contributed by atoms with Gasteiger partial charge in [-0.3, -0.25) is 0 Å². The normalized spacial score (nSPS) is 12.4. The Hall–Kier alpha value is -2.23. The van der Waals surface area contributed by atoms with E-state index in [1.54, 1.807) is 0 Å². The number of methoxy groups -OCH3 is 1. The van der Waals surface area contributed by atoms with Crippen molar-refractivity contribution in [2.24, 2.45) is 0 Å². The van der Waals surface area contributed by atoms with Crippen LogP contribution < -0.4 is 4.18 Å². The van der Waals surface area contributed by atoms with Crippen LogP contribution in [0.3, 0.4) is 0 Å². The van der Waals surface area contributed by atoms with Gasteiger partial charge in [0.05, 0.1) is 7.11 Å². The van der Waals surface area contributed by atoms with E-state index in [-0.39, 0.29) is 22.3 Å². The van der Waals surface area contributed by atoms with E-state index in [1.165, 1.54) is 13.0 Å². The van der Waals surface area contributed by atoms with Crippen molar-refractivity contribution in [1.29, 1.82) is 0 Å². The highest BCUT2D eigenvalue weighted by Gasteiger charge is 2.48. The summed E-state index contributed by atoms with van der Waals surface area (Å²) in [6, 6.07) is 3.13. The summed E-state index contributed by atoms with van der Waals surface area (Å²) in [6.07, 6.45) is 0. The Kier molecular flexibility index (Phi) is 3.81. The Morgan fingerprint density at radius 2 is 1.91 bits per heavy atom. The third-order valence-corrected chi connectivity index (χ3v) is 3.70. The van der Waals surface area contributed by atoms with Crippen LogP contribution in [-0.2, 0) is 14.9 Å². The molecule has 0 N–H and O–H groups in total. The molecule has 0 aliphatic rings. The molecule has 1 heterocycles. The average Bonchev–Trinajstić information content (AvgIpc) is 2.71. The summed E-state index contributed by atoms with van der Waals surface area (Å²) in [4.78, 5) is 11.6. The number of carbonyl (C=O) groups excluding carboxylic acids is 1. The van der Waals surface area contributed by atoms with Crippen molar-refractivity contribution in [3.63, 3.8) is 0 Å². The molecule has 6 nitrogen and oxygen atoms in total. The number of fused-ring (bicyclic) bond motifs is 1. The molecule has 0 radical (unpaired) electrons. The summed E-state index contributed by atoms with van der Waals surface area (Å²) in [5.41, 5.74) is -5.45. The molecule has 10 heteroatoms. The zero-order valence-corrected chi connectivity index (χ0v) is 12.0. The summed E-state index contributed by atoms with van der Waals surface area (Å²) in [6.45, 7) is 1.46. The molecule has 0 fully saturated rings. The van der Waals surface area contributed by atoms with Gasteiger partial charge >= 0.3 is 21.6 Å². The standard InChI is InChI=1S/C12H9F3O6S/c1-6-10(11(16)19-2)8-4-3-7(5-9(8)20-6)21-22(17,18)12(13,14)15/h3-5H,1-2H3. The summed E-state index contributed by atoms with van der Waals surface area (Å²) >= 11 is 0. The molecule has 1 aromatic heterocycles. The second-order valence-corrected chi connectivity index (χ2v) is 5.70. The molecule has 0 unspecified atom stereocenters. The number of furan rings is 1. The highest BCUT2D eigenvalue weighted by atomic mass is 32.2. The smallest absolute Gasteiger partial charge is 0.465 e. The van der Waals surface area contributed by atoms with E-state index in [0.29, 0.717) is 0 Å². The number of hydrogen-bond donors (Lipinski definition) is 0. The maximum Gasteiger partial charge on any atom is 0.534 e. The van der Waals surface area contributed by atoms with Crippen LogP contribution in [0.4, 0.5) is 13.2 Å². The van der Waals surface area contributed by atoms with Crippen LogP contribution in [0.25, 0.3) is 11.0 Å². The zero-order valence-electron chi connectivity index (χ0n) is 11.2. The number of benzene rings is 1. The quantitative estimate of drug-likeness (QED) is 0.486. The van der Waals surface area contributed by atoms with Crippen molar-refractivity contribution in [2.75, 3.05) is 7.11 Å². The Labute approximate surface area is 122 Å². The fourth-order valence-electron chi connectivity index (χ4n) is 1.78. The van der Waals surface area contributed by atoms with Gasteiger partial charge in [0.1, 0.15) is 22.7 Å². The first-order valence-corrected chi connectivity index (χ1v) is 7.10. The van der Waals surface area contributed by atoms with Crippen molar-refractivity contribution < 1.29 is 39.7 Å². The lowest BCUT2D eigenvalue weighted by atomic mass is 10.1. The summed E-state index contributed by atoms with van der Waals surface area (Å²) in [5, 5.41) is 0.265. The second-order valence-electron chi connectivity index (χ2n) is 4.17. The number of alkyl halides is 3.